The van der Waals surface area contributed by atoms with Crippen molar-refractivity contribution in [1.29, 1.82) is 0 Å². The van der Waals surface area contributed by atoms with Gasteiger partial charge in [0.15, 0.2) is 0 Å². The Balaban J connectivity index is 1.56. The van der Waals surface area contributed by atoms with Crippen molar-refractivity contribution in [3.8, 4) is 0 Å². The van der Waals surface area contributed by atoms with E-state index in [0.29, 0.717) is 23.4 Å². The van der Waals surface area contributed by atoms with Gasteiger partial charge in [-0.25, -0.2) is 0 Å². The van der Waals surface area contributed by atoms with Gasteiger partial charge in [0.1, 0.15) is 0 Å². The molecule has 4 aliphatic rings. The van der Waals surface area contributed by atoms with Gasteiger partial charge in [-0.1, -0.05) is 13.8 Å². The van der Waals surface area contributed by atoms with Crippen molar-refractivity contribution in [2.24, 2.45) is 40.4 Å². The van der Waals surface area contributed by atoms with Crippen LogP contribution in [0.3, 0.4) is 0 Å². The molecule has 0 aromatic heterocycles. The number of aliphatic hydroxyl groups is 2. The summed E-state index contributed by atoms with van der Waals surface area (Å²) in [6.07, 6.45) is 10.7. The average Bonchev–Trinajstić information content (AvgIpc) is 2.93. The van der Waals surface area contributed by atoms with E-state index in [-0.39, 0.29) is 12.2 Å². The lowest BCUT2D eigenvalue weighted by Gasteiger charge is -2.61. The van der Waals surface area contributed by atoms with Crippen LogP contribution in [0, 0.1) is 40.4 Å². The highest BCUT2D eigenvalue weighted by molar-refractivity contribution is 5.10. The molecule has 9 atom stereocenters. The third kappa shape index (κ3) is 2.72. The van der Waals surface area contributed by atoms with Crippen LogP contribution in [0.25, 0.3) is 0 Å². The first-order valence-electron chi connectivity index (χ1n) is 10.7. The van der Waals surface area contributed by atoms with E-state index in [1.807, 2.05) is 0 Å². The number of methoxy groups -OCH3 is 1. The van der Waals surface area contributed by atoms with Crippen molar-refractivity contribution in [1.82, 2.24) is 0 Å². The maximum atomic E-state index is 10.7. The van der Waals surface area contributed by atoms with Gasteiger partial charge in [-0.3, -0.25) is 0 Å². The Labute approximate surface area is 153 Å². The summed E-state index contributed by atoms with van der Waals surface area (Å²) in [5.74, 6) is 3.62. The smallest absolute Gasteiger partial charge is 0.0806 e. The molecule has 0 spiro atoms. The fraction of sp³-hybridized carbons (Fsp3) is 1.00. The zero-order chi connectivity index (χ0) is 17.8. The first-order valence-corrected chi connectivity index (χ1v) is 10.7. The first-order chi connectivity index (χ1) is 11.9. The summed E-state index contributed by atoms with van der Waals surface area (Å²) in [5, 5.41) is 20.8. The molecule has 0 heterocycles. The van der Waals surface area contributed by atoms with Crippen molar-refractivity contribution in [2.75, 3.05) is 13.7 Å². The number of aliphatic hydroxyl groups excluding tert-OH is 2. The highest BCUT2D eigenvalue weighted by atomic mass is 16.5. The summed E-state index contributed by atoms with van der Waals surface area (Å²) in [6.45, 7) is 5.51. The molecule has 1 unspecified atom stereocenters. The van der Waals surface area contributed by atoms with Crippen molar-refractivity contribution in [3.63, 3.8) is 0 Å². The maximum Gasteiger partial charge on any atom is 0.0806 e. The summed E-state index contributed by atoms with van der Waals surface area (Å²) in [7, 11) is 1.70. The number of fused-ring (bicyclic) bond motifs is 5. The van der Waals surface area contributed by atoms with Crippen molar-refractivity contribution >= 4 is 0 Å². The number of rotatable bonds is 3. The Morgan fingerprint density at radius 1 is 0.960 bits per heavy atom. The lowest BCUT2D eigenvalue weighted by atomic mass is 9.44. The van der Waals surface area contributed by atoms with Crippen LogP contribution in [0.5, 0.6) is 0 Å². The van der Waals surface area contributed by atoms with Crippen LogP contribution >= 0.6 is 0 Å². The Kier molecular flexibility index (Phi) is 4.74. The number of ether oxygens (including phenoxy) is 1. The van der Waals surface area contributed by atoms with Gasteiger partial charge >= 0.3 is 0 Å². The molecule has 4 fully saturated rings. The van der Waals surface area contributed by atoms with Crippen LogP contribution in [0.15, 0.2) is 0 Å². The molecule has 0 saturated heterocycles. The highest BCUT2D eigenvalue weighted by Gasteiger charge is 2.60. The van der Waals surface area contributed by atoms with Crippen LogP contribution in [0.4, 0.5) is 0 Å². The minimum Gasteiger partial charge on any atom is -0.393 e. The monoisotopic (exact) mass is 350 g/mol. The topological polar surface area (TPSA) is 49.7 Å². The zero-order valence-electron chi connectivity index (χ0n) is 16.4. The third-order valence-corrected chi connectivity index (χ3v) is 9.51. The van der Waals surface area contributed by atoms with Gasteiger partial charge in [0.2, 0.25) is 0 Å². The van der Waals surface area contributed by atoms with Gasteiger partial charge in [0.05, 0.1) is 18.8 Å². The van der Waals surface area contributed by atoms with Gasteiger partial charge in [-0.15, -0.1) is 0 Å². The predicted molar refractivity (Wildman–Crippen MR) is 99.1 cm³/mol. The predicted octanol–water partition coefficient (Wildman–Crippen LogP) is 4.01. The van der Waals surface area contributed by atoms with E-state index < -0.39 is 0 Å². The molecule has 0 aromatic rings. The van der Waals surface area contributed by atoms with Crippen molar-refractivity contribution in [3.05, 3.63) is 0 Å². The molecule has 3 nitrogen and oxygen atoms in total. The second-order valence-electron chi connectivity index (χ2n) is 10.3. The van der Waals surface area contributed by atoms with Gasteiger partial charge in [-0.05, 0) is 98.2 Å². The molecule has 25 heavy (non-hydrogen) atoms. The second-order valence-corrected chi connectivity index (χ2v) is 10.3. The molecule has 144 valence electrons. The SMILES string of the molecule is COCC(O)[C@H]1CC[C@H]2[C@@H]3CC[C@H]4C[C@@H](O)CC[C@]4(C)[C@H]3CC[C@]12C. The molecule has 4 saturated carbocycles. The lowest BCUT2D eigenvalue weighted by molar-refractivity contribution is -0.135. The standard InChI is InChI=1S/C22H38O3/c1-21-10-8-15(23)12-14(21)4-5-16-17-6-7-19(20(24)13-25-3)22(17,2)11-9-18(16)21/h14-20,23-24H,4-13H2,1-3H3/t14-,15-,16-,17-,18-,19+,20?,21-,22-/m0/s1. The summed E-state index contributed by atoms with van der Waals surface area (Å²) < 4.78 is 5.27. The van der Waals surface area contributed by atoms with E-state index in [2.05, 4.69) is 13.8 Å². The molecule has 0 bridgehead atoms. The molecule has 0 aromatic carbocycles. The van der Waals surface area contributed by atoms with Gasteiger partial charge in [-0.2, -0.15) is 0 Å². The zero-order valence-corrected chi connectivity index (χ0v) is 16.4. The second kappa shape index (κ2) is 6.49. The molecule has 2 N–H and O–H groups in total. The Morgan fingerprint density at radius 2 is 1.68 bits per heavy atom. The Hall–Kier alpha value is -0.120. The largest absolute Gasteiger partial charge is 0.393 e. The average molecular weight is 351 g/mol. The molecule has 0 radical (unpaired) electrons. The van der Waals surface area contributed by atoms with Crippen molar-refractivity contribution in [2.45, 2.75) is 83.8 Å². The first kappa shape index (κ1) is 18.3. The van der Waals surface area contributed by atoms with Crippen LogP contribution in [-0.2, 0) is 4.74 Å². The quantitative estimate of drug-likeness (QED) is 0.808. The normalized spacial score (nSPS) is 53.6. The van der Waals surface area contributed by atoms with E-state index in [1.54, 1.807) is 7.11 Å². The number of hydrogen-bond acceptors (Lipinski definition) is 3. The van der Waals surface area contributed by atoms with Gasteiger partial charge < -0.3 is 14.9 Å². The lowest BCUT2D eigenvalue weighted by Crippen LogP contribution is -2.54. The van der Waals surface area contributed by atoms with E-state index >= 15 is 0 Å². The van der Waals surface area contributed by atoms with Crippen LogP contribution in [-0.4, -0.2) is 36.1 Å². The summed E-state index contributed by atoms with van der Waals surface area (Å²) >= 11 is 0. The van der Waals surface area contributed by atoms with Crippen LogP contribution in [0.2, 0.25) is 0 Å². The van der Waals surface area contributed by atoms with E-state index in [9.17, 15) is 10.2 Å². The highest BCUT2D eigenvalue weighted by Crippen LogP contribution is 2.67. The minimum absolute atomic E-state index is 0.0523. The van der Waals surface area contributed by atoms with E-state index in [0.717, 1.165) is 36.5 Å². The molecular formula is C22H38O3. The summed E-state index contributed by atoms with van der Waals surface area (Å²) in [4.78, 5) is 0. The van der Waals surface area contributed by atoms with Gasteiger partial charge in [0, 0.05) is 7.11 Å². The van der Waals surface area contributed by atoms with E-state index in [1.165, 1.54) is 44.9 Å². The van der Waals surface area contributed by atoms with Gasteiger partial charge in [0.25, 0.3) is 0 Å². The van der Waals surface area contributed by atoms with Crippen molar-refractivity contribution < 1.29 is 14.9 Å². The molecular weight excluding hydrogens is 312 g/mol. The molecule has 4 rings (SSSR count). The Morgan fingerprint density at radius 3 is 2.44 bits per heavy atom. The fourth-order valence-electron chi connectivity index (χ4n) is 8.20. The molecule has 3 heteroatoms. The number of hydrogen-bond donors (Lipinski definition) is 2. The maximum absolute atomic E-state index is 10.7. The van der Waals surface area contributed by atoms with Crippen LogP contribution in [0.1, 0.15) is 71.6 Å². The summed E-state index contributed by atoms with van der Waals surface area (Å²) in [6, 6.07) is 0. The summed E-state index contributed by atoms with van der Waals surface area (Å²) in [5.41, 5.74) is 0.753. The van der Waals surface area contributed by atoms with Crippen LogP contribution < -0.4 is 0 Å². The third-order valence-electron chi connectivity index (χ3n) is 9.51. The van der Waals surface area contributed by atoms with E-state index in [4.69, 9.17) is 4.74 Å². The molecule has 0 aliphatic heterocycles. The Bertz CT molecular complexity index is 494. The fourth-order valence-corrected chi connectivity index (χ4v) is 8.20. The molecule has 4 aliphatic carbocycles. The molecule has 0 amide bonds. The minimum atomic E-state index is -0.298.